The van der Waals surface area contributed by atoms with Gasteiger partial charge in [0.05, 0.1) is 10.8 Å². The van der Waals surface area contributed by atoms with E-state index in [9.17, 15) is 0 Å². The van der Waals surface area contributed by atoms with E-state index in [0.717, 1.165) is 19.8 Å². The van der Waals surface area contributed by atoms with Crippen LogP contribution < -0.4 is 0 Å². The van der Waals surface area contributed by atoms with Crippen molar-refractivity contribution < 1.29 is 5.11 Å². The average molecular weight is 238 g/mol. The van der Waals surface area contributed by atoms with Crippen molar-refractivity contribution in [1.29, 1.82) is 0 Å². The van der Waals surface area contributed by atoms with Gasteiger partial charge in [-0.05, 0) is 36.4 Å². The van der Waals surface area contributed by atoms with Crippen LogP contribution in [0.15, 0.2) is 33.9 Å². The number of rotatable bonds is 3. The maximum Gasteiger partial charge on any atom is 0.193 e. The SMILES string of the molecule is Cc1cnc(Sc2ccc(CO)s2)nc1. The highest BCUT2D eigenvalue weighted by Gasteiger charge is 2.03. The molecule has 0 aliphatic rings. The van der Waals surface area contributed by atoms with Crippen LogP contribution >= 0.6 is 23.1 Å². The third kappa shape index (κ3) is 2.77. The smallest absolute Gasteiger partial charge is 0.193 e. The van der Waals surface area contributed by atoms with E-state index in [0.29, 0.717) is 0 Å². The van der Waals surface area contributed by atoms with Crippen molar-refractivity contribution in [2.24, 2.45) is 0 Å². The Morgan fingerprint density at radius 2 is 2.07 bits per heavy atom. The minimum Gasteiger partial charge on any atom is -0.391 e. The van der Waals surface area contributed by atoms with E-state index in [1.54, 1.807) is 23.7 Å². The van der Waals surface area contributed by atoms with E-state index < -0.39 is 0 Å². The molecule has 0 amide bonds. The summed E-state index contributed by atoms with van der Waals surface area (Å²) in [6, 6.07) is 3.89. The molecule has 0 spiro atoms. The van der Waals surface area contributed by atoms with Crippen LogP contribution in [0.3, 0.4) is 0 Å². The van der Waals surface area contributed by atoms with Gasteiger partial charge < -0.3 is 5.11 Å². The summed E-state index contributed by atoms with van der Waals surface area (Å²) in [6.45, 7) is 2.06. The topological polar surface area (TPSA) is 46.0 Å². The van der Waals surface area contributed by atoms with Gasteiger partial charge in [0.2, 0.25) is 0 Å². The van der Waals surface area contributed by atoms with Crippen LogP contribution in [-0.2, 0) is 6.61 Å². The zero-order valence-corrected chi connectivity index (χ0v) is 9.81. The summed E-state index contributed by atoms with van der Waals surface area (Å²) in [7, 11) is 0. The molecule has 0 bridgehead atoms. The first-order valence-electron chi connectivity index (χ1n) is 4.44. The van der Waals surface area contributed by atoms with E-state index >= 15 is 0 Å². The predicted octanol–water partition coefficient (Wildman–Crippen LogP) is 2.49. The Morgan fingerprint density at radius 3 is 2.67 bits per heavy atom. The Morgan fingerprint density at radius 1 is 1.33 bits per heavy atom. The van der Waals surface area contributed by atoms with E-state index in [1.165, 1.54) is 11.8 Å². The molecule has 0 aliphatic carbocycles. The van der Waals surface area contributed by atoms with E-state index in [4.69, 9.17) is 5.11 Å². The lowest BCUT2D eigenvalue weighted by molar-refractivity contribution is 0.285. The van der Waals surface area contributed by atoms with Crippen LogP contribution in [-0.4, -0.2) is 15.1 Å². The van der Waals surface area contributed by atoms with Crippen LogP contribution in [0.1, 0.15) is 10.4 Å². The molecule has 0 atom stereocenters. The fraction of sp³-hybridized carbons (Fsp3) is 0.200. The number of hydrogen-bond acceptors (Lipinski definition) is 5. The normalized spacial score (nSPS) is 10.5. The summed E-state index contributed by atoms with van der Waals surface area (Å²) >= 11 is 3.08. The summed E-state index contributed by atoms with van der Waals surface area (Å²) in [5, 5.41) is 9.67. The fourth-order valence-corrected chi connectivity index (χ4v) is 2.85. The summed E-state index contributed by atoms with van der Waals surface area (Å²) in [6.07, 6.45) is 3.60. The van der Waals surface area contributed by atoms with Gasteiger partial charge in [-0.15, -0.1) is 11.3 Å². The molecular weight excluding hydrogens is 228 g/mol. The second-order valence-corrected chi connectivity index (χ2v) is 5.46. The van der Waals surface area contributed by atoms with Crippen LogP contribution in [0.4, 0.5) is 0 Å². The summed E-state index contributed by atoms with van der Waals surface area (Å²) in [5.41, 5.74) is 1.06. The summed E-state index contributed by atoms with van der Waals surface area (Å²) in [5.74, 6) is 0. The lowest BCUT2D eigenvalue weighted by Gasteiger charge is -1.96. The summed E-state index contributed by atoms with van der Waals surface area (Å²) < 4.78 is 1.10. The highest BCUT2D eigenvalue weighted by molar-refractivity contribution is 8.01. The molecule has 0 saturated carbocycles. The molecular formula is C10H10N2OS2. The molecule has 2 rings (SSSR count). The van der Waals surface area contributed by atoms with Crippen molar-refractivity contribution in [2.45, 2.75) is 22.9 Å². The van der Waals surface area contributed by atoms with E-state index in [2.05, 4.69) is 9.97 Å². The van der Waals surface area contributed by atoms with Gasteiger partial charge in [0.25, 0.3) is 0 Å². The Labute approximate surface area is 96.2 Å². The molecule has 0 aromatic carbocycles. The third-order valence-corrected chi connectivity index (χ3v) is 3.84. The van der Waals surface area contributed by atoms with Crippen molar-refractivity contribution in [2.75, 3.05) is 0 Å². The first-order valence-corrected chi connectivity index (χ1v) is 6.07. The van der Waals surface area contributed by atoms with Gasteiger partial charge in [0.1, 0.15) is 0 Å². The van der Waals surface area contributed by atoms with Crippen molar-refractivity contribution in [3.05, 3.63) is 35.0 Å². The van der Waals surface area contributed by atoms with Gasteiger partial charge in [-0.1, -0.05) is 0 Å². The first kappa shape index (κ1) is 10.6. The molecule has 0 unspecified atom stereocenters. The standard InChI is InChI=1S/C10H10N2OS2/c1-7-4-11-10(12-5-7)15-9-3-2-8(6-13)14-9/h2-5,13H,6H2,1H3. The number of nitrogens with zero attached hydrogens (tertiary/aromatic N) is 2. The lowest BCUT2D eigenvalue weighted by Crippen LogP contribution is -1.84. The van der Waals surface area contributed by atoms with Gasteiger partial charge in [0, 0.05) is 17.3 Å². The largest absolute Gasteiger partial charge is 0.391 e. The second kappa shape index (κ2) is 4.74. The van der Waals surface area contributed by atoms with Gasteiger partial charge in [-0.2, -0.15) is 0 Å². The molecule has 2 heterocycles. The molecule has 2 aromatic rings. The van der Waals surface area contributed by atoms with Gasteiger partial charge in [-0.25, -0.2) is 9.97 Å². The number of aliphatic hydroxyl groups is 1. The van der Waals surface area contributed by atoms with Crippen LogP contribution in [0.25, 0.3) is 0 Å². The quantitative estimate of drug-likeness (QED) is 0.834. The number of aryl methyl sites for hydroxylation is 1. The molecule has 78 valence electrons. The average Bonchev–Trinajstić information content (AvgIpc) is 2.69. The van der Waals surface area contributed by atoms with E-state index in [1.807, 2.05) is 19.1 Å². The lowest BCUT2D eigenvalue weighted by atomic mass is 10.4. The molecule has 0 saturated heterocycles. The highest BCUT2D eigenvalue weighted by atomic mass is 32.2. The Hall–Kier alpha value is -0.910. The Kier molecular flexibility index (Phi) is 3.35. The molecule has 15 heavy (non-hydrogen) atoms. The maximum absolute atomic E-state index is 8.92. The van der Waals surface area contributed by atoms with Crippen molar-refractivity contribution in [1.82, 2.24) is 9.97 Å². The number of aliphatic hydroxyl groups excluding tert-OH is 1. The van der Waals surface area contributed by atoms with Crippen LogP contribution in [0.2, 0.25) is 0 Å². The molecule has 1 N–H and O–H groups in total. The molecule has 5 heteroatoms. The summed E-state index contributed by atoms with van der Waals surface area (Å²) in [4.78, 5) is 9.37. The molecule has 0 radical (unpaired) electrons. The van der Waals surface area contributed by atoms with Gasteiger partial charge in [0.15, 0.2) is 5.16 Å². The zero-order chi connectivity index (χ0) is 10.7. The fourth-order valence-electron chi connectivity index (χ4n) is 1.02. The van der Waals surface area contributed by atoms with Gasteiger partial charge >= 0.3 is 0 Å². The highest BCUT2D eigenvalue weighted by Crippen LogP contribution is 2.31. The zero-order valence-electron chi connectivity index (χ0n) is 8.17. The first-order chi connectivity index (χ1) is 7.28. The number of thiophene rings is 1. The molecule has 0 fully saturated rings. The van der Waals surface area contributed by atoms with Crippen molar-refractivity contribution in [3.8, 4) is 0 Å². The van der Waals surface area contributed by atoms with Crippen LogP contribution in [0, 0.1) is 6.92 Å². The van der Waals surface area contributed by atoms with Gasteiger partial charge in [-0.3, -0.25) is 0 Å². The van der Waals surface area contributed by atoms with Crippen molar-refractivity contribution in [3.63, 3.8) is 0 Å². The Bertz CT molecular complexity index is 439. The minimum absolute atomic E-state index is 0.0972. The third-order valence-electron chi connectivity index (χ3n) is 1.74. The van der Waals surface area contributed by atoms with Crippen LogP contribution in [0.5, 0.6) is 0 Å². The molecule has 3 nitrogen and oxygen atoms in total. The van der Waals surface area contributed by atoms with Crippen molar-refractivity contribution >= 4 is 23.1 Å². The van der Waals surface area contributed by atoms with E-state index in [-0.39, 0.29) is 6.61 Å². The molecule has 0 aliphatic heterocycles. The maximum atomic E-state index is 8.92. The molecule has 2 aromatic heterocycles. The monoisotopic (exact) mass is 238 g/mol. The number of hydrogen-bond donors (Lipinski definition) is 1. The Balaban J connectivity index is 2.11. The minimum atomic E-state index is 0.0972. The number of aromatic nitrogens is 2. The predicted molar refractivity (Wildman–Crippen MR) is 61.1 cm³/mol. The second-order valence-electron chi connectivity index (χ2n) is 3.02.